The summed E-state index contributed by atoms with van der Waals surface area (Å²) in [6.45, 7) is 7.61. The smallest absolute Gasteiger partial charge is 0.412 e. The number of piperazine rings is 1. The second kappa shape index (κ2) is 20.0. The predicted molar refractivity (Wildman–Crippen MR) is 225 cm³/mol. The van der Waals surface area contributed by atoms with Crippen LogP contribution in [0.2, 0.25) is 5.02 Å². The van der Waals surface area contributed by atoms with Gasteiger partial charge in [0.1, 0.15) is 23.3 Å². The fourth-order valence-electron chi connectivity index (χ4n) is 6.63. The molecule has 60 heavy (non-hydrogen) atoms. The van der Waals surface area contributed by atoms with Crippen LogP contribution in [0.25, 0.3) is 21.9 Å². The van der Waals surface area contributed by atoms with Crippen LogP contribution in [0, 0.1) is 5.82 Å². The number of benzene rings is 3. The minimum atomic E-state index is -1.24. The van der Waals surface area contributed by atoms with E-state index in [1.54, 1.807) is 80.4 Å². The van der Waals surface area contributed by atoms with E-state index in [1.165, 1.54) is 17.0 Å². The predicted octanol–water partition coefficient (Wildman–Crippen LogP) is 4.89. The van der Waals surface area contributed by atoms with Crippen molar-refractivity contribution in [1.29, 1.82) is 0 Å². The van der Waals surface area contributed by atoms with Crippen LogP contribution < -0.4 is 21.5 Å². The number of rotatable bonds is 15. The molecule has 0 spiro atoms. The zero-order valence-corrected chi connectivity index (χ0v) is 34.4. The highest BCUT2D eigenvalue weighted by Gasteiger charge is 2.27. The minimum Gasteiger partial charge on any atom is -0.444 e. The molecule has 2 aromatic heterocycles. The number of aliphatic hydroxyl groups excluding tert-OH is 1. The second-order valence-corrected chi connectivity index (χ2v) is 15.6. The average molecular weight is 843 g/mol. The van der Waals surface area contributed by atoms with E-state index in [-0.39, 0.29) is 67.6 Å². The van der Waals surface area contributed by atoms with Gasteiger partial charge < -0.3 is 29.7 Å². The van der Waals surface area contributed by atoms with Crippen molar-refractivity contribution in [2.24, 2.45) is 0 Å². The number of H-pyrrole nitrogens is 1. The summed E-state index contributed by atoms with van der Waals surface area (Å²) in [4.78, 5) is 58.8. The highest BCUT2D eigenvalue weighted by molar-refractivity contribution is 6.30. The summed E-state index contributed by atoms with van der Waals surface area (Å²) < 4.78 is 26.0. The lowest BCUT2D eigenvalue weighted by atomic mass is 10.0. The quantitative estimate of drug-likeness (QED) is 0.0713. The van der Waals surface area contributed by atoms with Crippen LogP contribution in [-0.2, 0) is 20.7 Å². The molecule has 17 heteroatoms. The Morgan fingerprint density at radius 1 is 0.933 bits per heavy atom. The number of hydrogen-bond donors (Lipinski definition) is 5. The Bertz CT molecular complexity index is 2380. The monoisotopic (exact) mass is 842 g/mol. The van der Waals surface area contributed by atoms with E-state index >= 15 is 0 Å². The minimum absolute atomic E-state index is 0.0624. The van der Waals surface area contributed by atoms with Gasteiger partial charge in [0.05, 0.1) is 42.1 Å². The zero-order chi connectivity index (χ0) is 42.8. The van der Waals surface area contributed by atoms with Crippen LogP contribution in [0.4, 0.5) is 14.9 Å². The molecule has 15 nitrogen and oxygen atoms in total. The molecular weight excluding hydrogens is 795 g/mol. The summed E-state index contributed by atoms with van der Waals surface area (Å²) in [6.07, 6.45) is -0.0739. The molecule has 0 saturated carbocycles. The van der Waals surface area contributed by atoms with Gasteiger partial charge in [-0.05, 0) is 68.3 Å². The van der Waals surface area contributed by atoms with Gasteiger partial charge in [-0.25, -0.2) is 14.3 Å². The van der Waals surface area contributed by atoms with E-state index < -0.39 is 29.6 Å². The molecule has 1 fully saturated rings. The van der Waals surface area contributed by atoms with Crippen molar-refractivity contribution in [3.05, 3.63) is 123 Å². The third-order valence-corrected chi connectivity index (χ3v) is 9.82. The molecule has 316 valence electrons. The third kappa shape index (κ3) is 11.7. The fourth-order valence-corrected chi connectivity index (χ4v) is 6.82. The van der Waals surface area contributed by atoms with E-state index in [4.69, 9.17) is 21.1 Å². The molecule has 1 atom stereocenters. The van der Waals surface area contributed by atoms with E-state index in [9.17, 15) is 28.7 Å². The summed E-state index contributed by atoms with van der Waals surface area (Å²) in [5.41, 5.74) is 2.07. The Labute approximate surface area is 351 Å². The van der Waals surface area contributed by atoms with Gasteiger partial charge in [-0.15, -0.1) is 0 Å². The van der Waals surface area contributed by atoms with Crippen molar-refractivity contribution in [3.8, 4) is 11.1 Å². The van der Waals surface area contributed by atoms with Gasteiger partial charge in [0.15, 0.2) is 0 Å². The molecular formula is C43H48ClFN8O7. The number of ether oxygens (including phenoxy) is 2. The molecule has 5 aromatic rings. The van der Waals surface area contributed by atoms with Gasteiger partial charge in [-0.3, -0.25) is 30.0 Å². The number of anilines is 1. The fraction of sp³-hybridized carbons (Fsp3) is 0.349. The number of aromatic nitrogens is 3. The Balaban J connectivity index is 0.908. The SMILES string of the molecule is CC(C)(C)OC(=O)Nc1cc(-c2cccc(Cl)c2)cnc1C(O)NCCOCCNCC(=O)N1CCN(C(=O)c2cc(Cc3n[nH]c(=O)c4ccccc34)ccc2F)CC1. The van der Waals surface area contributed by atoms with Gasteiger partial charge in [-0.2, -0.15) is 5.10 Å². The first-order chi connectivity index (χ1) is 28.8. The molecule has 0 radical (unpaired) electrons. The maximum absolute atomic E-state index is 14.9. The first-order valence-corrected chi connectivity index (χ1v) is 19.9. The summed E-state index contributed by atoms with van der Waals surface area (Å²) in [5, 5.41) is 28.1. The Kier molecular flexibility index (Phi) is 14.6. The van der Waals surface area contributed by atoms with Crippen molar-refractivity contribution in [3.63, 3.8) is 0 Å². The van der Waals surface area contributed by atoms with Crippen molar-refractivity contribution >= 4 is 46.0 Å². The number of fused-ring (bicyclic) bond motifs is 1. The van der Waals surface area contributed by atoms with Gasteiger partial charge >= 0.3 is 6.09 Å². The number of hydrogen-bond acceptors (Lipinski definition) is 11. The number of amides is 3. The molecule has 6 rings (SSSR count). The van der Waals surface area contributed by atoms with E-state index in [1.807, 2.05) is 12.1 Å². The van der Waals surface area contributed by atoms with Gasteiger partial charge in [0, 0.05) is 67.9 Å². The second-order valence-electron chi connectivity index (χ2n) is 15.1. The molecule has 1 saturated heterocycles. The van der Waals surface area contributed by atoms with Crippen LogP contribution in [0.5, 0.6) is 0 Å². The maximum atomic E-state index is 14.9. The summed E-state index contributed by atoms with van der Waals surface area (Å²) in [7, 11) is 0. The molecule has 3 heterocycles. The number of nitrogens with zero attached hydrogens (tertiary/aromatic N) is 4. The zero-order valence-electron chi connectivity index (χ0n) is 33.6. The normalized spacial score (nSPS) is 13.6. The van der Waals surface area contributed by atoms with E-state index in [0.29, 0.717) is 58.9 Å². The Hall–Kier alpha value is -5.78. The Morgan fingerprint density at radius 3 is 2.42 bits per heavy atom. The summed E-state index contributed by atoms with van der Waals surface area (Å²) in [6, 6.07) is 20.3. The maximum Gasteiger partial charge on any atom is 0.412 e. The number of carbonyl (C=O) groups is 3. The van der Waals surface area contributed by atoms with Crippen LogP contribution in [-0.4, -0.2) is 113 Å². The number of carbonyl (C=O) groups excluding carboxylic acids is 3. The molecule has 5 N–H and O–H groups in total. The molecule has 3 aromatic carbocycles. The molecule has 0 aliphatic carbocycles. The lowest BCUT2D eigenvalue weighted by Gasteiger charge is -2.35. The standard InChI is InChI=1S/C43H48ClFN8O7/c1-43(2,3)60-42(58)49-36-24-29(28-7-6-8-30(44)23-28)25-48-38(36)40(56)47-14-20-59-19-13-46-26-37(54)52-15-17-53(18-16-52)41(57)33-21-27(11-12-34(33)45)22-35-31-9-4-5-10-32(31)39(55)51-50-35/h4-12,21,23-25,40,46-47,56H,13-20,22,26H2,1-3H3,(H,49,58)(H,51,55). The molecule has 1 aliphatic rings. The lowest BCUT2D eigenvalue weighted by Crippen LogP contribution is -2.52. The number of halogens is 2. The molecule has 0 bridgehead atoms. The van der Waals surface area contributed by atoms with Gasteiger partial charge in [0.25, 0.3) is 11.5 Å². The van der Waals surface area contributed by atoms with Crippen molar-refractivity contribution < 1.29 is 33.4 Å². The van der Waals surface area contributed by atoms with Crippen molar-refractivity contribution in [1.82, 2.24) is 35.6 Å². The van der Waals surface area contributed by atoms with Crippen molar-refractivity contribution in [2.45, 2.75) is 39.0 Å². The first kappa shape index (κ1) is 43.8. The van der Waals surface area contributed by atoms with Crippen LogP contribution in [0.1, 0.15) is 54.3 Å². The number of pyridine rings is 1. The van der Waals surface area contributed by atoms with Crippen LogP contribution in [0.3, 0.4) is 0 Å². The number of aliphatic hydroxyl groups is 1. The largest absolute Gasteiger partial charge is 0.444 e. The highest BCUT2D eigenvalue weighted by Crippen LogP contribution is 2.29. The van der Waals surface area contributed by atoms with E-state index in [2.05, 4.69) is 31.1 Å². The van der Waals surface area contributed by atoms with Gasteiger partial charge in [0.2, 0.25) is 5.91 Å². The van der Waals surface area contributed by atoms with Crippen LogP contribution in [0.15, 0.2) is 83.8 Å². The average Bonchev–Trinajstić information content (AvgIpc) is 3.22. The number of nitrogens with one attached hydrogen (secondary N) is 4. The third-order valence-electron chi connectivity index (χ3n) is 9.58. The topological polar surface area (TPSA) is 191 Å². The first-order valence-electron chi connectivity index (χ1n) is 19.5. The molecule has 3 amide bonds. The van der Waals surface area contributed by atoms with E-state index in [0.717, 1.165) is 5.56 Å². The molecule has 1 unspecified atom stereocenters. The lowest BCUT2D eigenvalue weighted by molar-refractivity contribution is -0.131. The summed E-state index contributed by atoms with van der Waals surface area (Å²) >= 11 is 6.18. The highest BCUT2D eigenvalue weighted by atomic mass is 35.5. The van der Waals surface area contributed by atoms with Gasteiger partial charge in [-0.1, -0.05) is 48.0 Å². The molecule has 1 aliphatic heterocycles. The van der Waals surface area contributed by atoms with Crippen LogP contribution >= 0.6 is 11.6 Å². The number of aromatic amines is 1. The van der Waals surface area contributed by atoms with Crippen molar-refractivity contribution in [2.75, 3.05) is 64.3 Å². The summed E-state index contributed by atoms with van der Waals surface area (Å²) in [5.74, 6) is -1.23. The Morgan fingerprint density at radius 2 is 1.67 bits per heavy atom.